The first-order valence-electron chi connectivity index (χ1n) is 11.2. The van der Waals surface area contributed by atoms with Crippen LogP contribution in [-0.4, -0.2) is 45.0 Å². The first kappa shape index (κ1) is 24.6. The molecule has 35 heavy (non-hydrogen) atoms. The molecule has 3 aromatic rings. The van der Waals surface area contributed by atoms with Gasteiger partial charge in [-0.1, -0.05) is 24.4 Å². The second-order valence-electron chi connectivity index (χ2n) is 8.04. The van der Waals surface area contributed by atoms with Gasteiger partial charge in [0.05, 0.1) is 10.2 Å². The van der Waals surface area contributed by atoms with Gasteiger partial charge < -0.3 is 11.1 Å². The second kappa shape index (κ2) is 11.3. The number of benzene rings is 1. The molecule has 0 aliphatic heterocycles. The first-order valence-corrected chi connectivity index (χ1v) is 11.9. The van der Waals surface area contributed by atoms with Crippen molar-refractivity contribution in [2.45, 2.75) is 38.5 Å². The fraction of sp³-hybridized carbons (Fsp3) is 0.429. The summed E-state index contributed by atoms with van der Waals surface area (Å²) in [6, 6.07) is 4.01. The van der Waals surface area contributed by atoms with E-state index in [-0.39, 0.29) is 39.6 Å². The molecule has 1 aromatic carbocycles. The van der Waals surface area contributed by atoms with Crippen LogP contribution in [0.25, 0.3) is 17.2 Å². The predicted octanol–water partition coefficient (Wildman–Crippen LogP) is 2.59. The van der Waals surface area contributed by atoms with Gasteiger partial charge in [0.1, 0.15) is 5.82 Å². The molecule has 0 spiro atoms. The van der Waals surface area contributed by atoms with Gasteiger partial charge in [0.2, 0.25) is 17.5 Å². The van der Waals surface area contributed by atoms with E-state index in [2.05, 4.69) is 47.0 Å². The Morgan fingerprint density at radius 3 is 2.83 bits per heavy atom. The Labute approximate surface area is 207 Å². The third-order valence-electron chi connectivity index (χ3n) is 5.60. The van der Waals surface area contributed by atoms with E-state index in [1.54, 1.807) is 0 Å². The molecule has 1 saturated carbocycles. The summed E-state index contributed by atoms with van der Waals surface area (Å²) in [6.07, 6.45) is 5.62. The third kappa shape index (κ3) is 5.93. The number of hydrogen-bond acceptors (Lipinski definition) is 9. The van der Waals surface area contributed by atoms with E-state index >= 15 is 0 Å². The van der Waals surface area contributed by atoms with Crippen LogP contribution in [-0.2, 0) is 4.79 Å². The number of hydrogen-bond donors (Lipinski definition) is 3. The number of aromatic nitrogens is 4. The summed E-state index contributed by atoms with van der Waals surface area (Å²) in [7, 11) is 0. The number of aliphatic imine (C=N–C) groups is 1. The highest BCUT2D eigenvalue weighted by atomic mass is 79.9. The number of carbonyl (C=O) groups excluding carboxylic acids is 1. The van der Waals surface area contributed by atoms with Crippen LogP contribution < -0.4 is 22.1 Å². The van der Waals surface area contributed by atoms with Gasteiger partial charge in [-0.3, -0.25) is 19.6 Å². The van der Waals surface area contributed by atoms with Gasteiger partial charge >= 0.3 is 5.76 Å². The summed E-state index contributed by atoms with van der Waals surface area (Å²) in [5.41, 5.74) is 6.29. The maximum Gasteiger partial charge on any atom is 0.446 e. The third-order valence-corrected chi connectivity index (χ3v) is 6.21. The summed E-state index contributed by atoms with van der Waals surface area (Å²) < 4.78 is 24.5. The highest BCUT2D eigenvalue weighted by molar-refractivity contribution is 9.10. The Morgan fingerprint density at radius 2 is 2.06 bits per heavy atom. The normalized spacial score (nSPS) is 14.7. The van der Waals surface area contributed by atoms with Crippen LogP contribution in [0.1, 0.15) is 38.5 Å². The van der Waals surface area contributed by atoms with Crippen LogP contribution in [0.3, 0.4) is 0 Å². The van der Waals surface area contributed by atoms with Crippen LogP contribution in [0.5, 0.6) is 0 Å². The summed E-state index contributed by atoms with van der Waals surface area (Å²) in [5, 5.41) is 17.1. The van der Waals surface area contributed by atoms with Crippen LogP contribution in [0, 0.1) is 11.7 Å². The lowest BCUT2D eigenvalue weighted by molar-refractivity contribution is -0.124. The van der Waals surface area contributed by atoms with Crippen LogP contribution >= 0.6 is 15.9 Å². The number of guanidine groups is 1. The Hall–Kier alpha value is -3.55. The van der Waals surface area contributed by atoms with Gasteiger partial charge in [0.25, 0.3) is 0 Å². The lowest BCUT2D eigenvalue weighted by Gasteiger charge is -2.20. The monoisotopic (exact) mass is 550 g/mol. The number of nitrogens with zero attached hydrogens (tertiary/aromatic N) is 5. The van der Waals surface area contributed by atoms with Crippen LogP contribution in [0.2, 0.25) is 0 Å². The molecule has 14 heteroatoms. The summed E-state index contributed by atoms with van der Waals surface area (Å²) in [5.74, 6) is -0.978. The smallest absolute Gasteiger partial charge is 0.370 e. The van der Waals surface area contributed by atoms with Crippen molar-refractivity contribution < 1.29 is 18.3 Å². The Balaban J connectivity index is 1.35. The maximum atomic E-state index is 13.6. The van der Waals surface area contributed by atoms with Crippen molar-refractivity contribution in [2.75, 3.05) is 18.4 Å². The minimum absolute atomic E-state index is 0.00204. The van der Waals surface area contributed by atoms with Gasteiger partial charge in [-0.2, -0.15) is 0 Å². The zero-order chi connectivity index (χ0) is 24.8. The fourth-order valence-electron chi connectivity index (χ4n) is 3.82. The molecule has 2 aromatic heterocycles. The highest BCUT2D eigenvalue weighted by Crippen LogP contribution is 2.26. The number of halogens is 2. The fourth-order valence-corrected chi connectivity index (χ4v) is 4.19. The van der Waals surface area contributed by atoms with Crippen molar-refractivity contribution in [1.82, 2.24) is 25.4 Å². The zero-order valence-corrected chi connectivity index (χ0v) is 20.3. The molecular formula is C21H24BrFN8O4. The molecule has 4 rings (SSSR count). The van der Waals surface area contributed by atoms with E-state index in [9.17, 15) is 14.0 Å². The van der Waals surface area contributed by atoms with Gasteiger partial charge in [-0.15, -0.1) is 0 Å². The Bertz CT molecular complexity index is 1260. The minimum Gasteiger partial charge on any atom is -0.370 e. The van der Waals surface area contributed by atoms with Gasteiger partial charge in [0.15, 0.2) is 11.7 Å². The lowest BCUT2D eigenvalue weighted by atomic mass is 9.89. The molecule has 2 heterocycles. The van der Waals surface area contributed by atoms with Gasteiger partial charge in [0, 0.05) is 19.0 Å². The number of amides is 1. The van der Waals surface area contributed by atoms with Crippen LogP contribution in [0.15, 0.2) is 41.6 Å². The quantitative estimate of drug-likeness (QED) is 0.217. The molecule has 1 fully saturated rings. The molecule has 1 aliphatic carbocycles. The van der Waals surface area contributed by atoms with Gasteiger partial charge in [-0.05, 0) is 63.7 Å². The second-order valence-corrected chi connectivity index (χ2v) is 8.89. The number of nitrogens with one attached hydrogen (secondary N) is 2. The first-order chi connectivity index (χ1) is 16.9. The van der Waals surface area contributed by atoms with Crippen molar-refractivity contribution in [3.8, 4) is 17.2 Å². The number of rotatable bonds is 8. The van der Waals surface area contributed by atoms with Crippen molar-refractivity contribution in [2.24, 2.45) is 16.6 Å². The maximum absolute atomic E-state index is 13.6. The lowest BCUT2D eigenvalue weighted by Crippen LogP contribution is -2.41. The van der Waals surface area contributed by atoms with E-state index in [0.717, 1.165) is 30.3 Å². The minimum atomic E-state index is -0.785. The number of nitrogens with two attached hydrogens (primary N) is 1. The van der Waals surface area contributed by atoms with Crippen molar-refractivity contribution in [1.29, 1.82) is 0 Å². The van der Waals surface area contributed by atoms with Gasteiger partial charge in [-0.25, -0.2) is 18.4 Å². The molecule has 0 saturated heterocycles. The van der Waals surface area contributed by atoms with E-state index in [1.807, 2.05) is 0 Å². The standard InChI is InChI=1S/C21H24BrFN8O4/c22-14-11-13(7-8-15(14)23)31-18(30-34-21(31)33)16-17(29-35-28-16)25-9-4-10-26-20(24)27-19(32)12-5-2-1-3-6-12/h7-8,11-12H,1-6,9-10H2,(H,25,29)(H3,24,26,27,32). The summed E-state index contributed by atoms with van der Waals surface area (Å²) in [6.45, 7) is 0.779. The topological polar surface area (TPSA) is 166 Å². The number of anilines is 1. The molecule has 1 amide bonds. The molecule has 4 N–H and O–H groups in total. The average molecular weight is 551 g/mol. The molecule has 186 valence electrons. The Kier molecular flexibility index (Phi) is 7.90. The summed E-state index contributed by atoms with van der Waals surface area (Å²) in [4.78, 5) is 28.7. The summed E-state index contributed by atoms with van der Waals surface area (Å²) >= 11 is 3.09. The Morgan fingerprint density at radius 1 is 1.26 bits per heavy atom. The van der Waals surface area contributed by atoms with Crippen molar-refractivity contribution in [3.63, 3.8) is 0 Å². The molecule has 0 radical (unpaired) electrons. The average Bonchev–Trinajstić information content (AvgIpc) is 3.47. The highest BCUT2D eigenvalue weighted by Gasteiger charge is 2.23. The predicted molar refractivity (Wildman–Crippen MR) is 127 cm³/mol. The van der Waals surface area contributed by atoms with E-state index in [1.165, 1.54) is 24.6 Å². The van der Waals surface area contributed by atoms with Crippen molar-refractivity contribution >= 4 is 33.6 Å². The molecule has 0 bridgehead atoms. The SMILES string of the molecule is NC(=NCCCNc1nonc1-c1noc(=O)n1-c1ccc(F)c(Br)c1)NC(=O)C1CCCCC1. The molecule has 0 unspecified atom stereocenters. The molecule has 0 atom stereocenters. The molecule has 12 nitrogen and oxygen atoms in total. The molecule has 1 aliphatic rings. The van der Waals surface area contributed by atoms with Crippen LogP contribution in [0.4, 0.5) is 10.2 Å². The van der Waals surface area contributed by atoms with Crippen molar-refractivity contribution in [3.05, 3.63) is 39.0 Å². The number of carbonyl (C=O) groups is 1. The molecular weight excluding hydrogens is 527 g/mol. The van der Waals surface area contributed by atoms with E-state index in [0.29, 0.717) is 25.2 Å². The van der Waals surface area contributed by atoms with E-state index < -0.39 is 11.6 Å². The largest absolute Gasteiger partial charge is 0.446 e. The van der Waals surface area contributed by atoms with E-state index in [4.69, 9.17) is 14.9 Å². The zero-order valence-electron chi connectivity index (χ0n) is 18.7.